The summed E-state index contributed by atoms with van der Waals surface area (Å²) in [6, 6.07) is 6.15. The Balaban J connectivity index is 2.56. The lowest BCUT2D eigenvalue weighted by atomic mass is 10.1. The van der Waals surface area contributed by atoms with Crippen LogP contribution in [0.25, 0.3) is 6.08 Å². The summed E-state index contributed by atoms with van der Waals surface area (Å²) in [7, 11) is 0. The van der Waals surface area contributed by atoms with E-state index in [4.69, 9.17) is 15.4 Å². The van der Waals surface area contributed by atoms with Gasteiger partial charge in [0.05, 0.1) is 13.2 Å². The van der Waals surface area contributed by atoms with E-state index in [9.17, 15) is 19.5 Å². The minimum atomic E-state index is -1.76. The van der Waals surface area contributed by atoms with Crippen LogP contribution < -0.4 is 16.3 Å². The molecule has 1 aromatic carbocycles. The number of hydrazine groups is 1. The molecule has 136 valence electrons. The van der Waals surface area contributed by atoms with Gasteiger partial charge in [-0.25, -0.2) is 10.9 Å². The Hall–Kier alpha value is -2.63. The van der Waals surface area contributed by atoms with Crippen molar-refractivity contribution in [2.24, 2.45) is 0 Å². The molecule has 0 saturated carbocycles. The number of hydrogen-bond donors (Lipinski definition) is 7. The van der Waals surface area contributed by atoms with Gasteiger partial charge in [-0.1, -0.05) is 12.1 Å². The van der Waals surface area contributed by atoms with E-state index in [-0.39, 0.29) is 5.56 Å². The number of aliphatic hydroxyl groups excluding tert-OH is 3. The van der Waals surface area contributed by atoms with E-state index < -0.39 is 43.0 Å². The topological polar surface area (TPSA) is 168 Å². The molecule has 7 N–H and O–H groups in total. The zero-order valence-corrected chi connectivity index (χ0v) is 13.0. The van der Waals surface area contributed by atoms with Gasteiger partial charge in [0.1, 0.15) is 12.2 Å². The Labute approximate surface area is 142 Å². The van der Waals surface area contributed by atoms with E-state index in [0.29, 0.717) is 5.56 Å². The smallest absolute Gasteiger partial charge is 0.267 e. The van der Waals surface area contributed by atoms with Crippen LogP contribution in [0.5, 0.6) is 0 Å². The average molecular weight is 353 g/mol. The highest BCUT2D eigenvalue weighted by atomic mass is 16.5. The van der Waals surface area contributed by atoms with Crippen molar-refractivity contribution in [2.45, 2.75) is 12.2 Å². The first-order chi connectivity index (χ1) is 11.9. The Morgan fingerprint density at radius 1 is 1.20 bits per heavy atom. The number of rotatable bonds is 9. The first kappa shape index (κ1) is 20.4. The molecule has 2 unspecified atom stereocenters. The molecule has 2 atom stereocenters. The fourth-order valence-corrected chi connectivity index (χ4v) is 1.70. The second-order valence-corrected chi connectivity index (χ2v) is 4.90. The van der Waals surface area contributed by atoms with Crippen LogP contribution in [0.2, 0.25) is 0 Å². The highest BCUT2D eigenvalue weighted by Crippen LogP contribution is 2.07. The predicted molar refractivity (Wildman–Crippen MR) is 85.0 cm³/mol. The van der Waals surface area contributed by atoms with Crippen molar-refractivity contribution in [3.05, 3.63) is 41.5 Å². The lowest BCUT2D eigenvalue weighted by Crippen LogP contribution is -2.46. The van der Waals surface area contributed by atoms with Gasteiger partial charge in [-0.2, -0.15) is 0 Å². The van der Waals surface area contributed by atoms with E-state index >= 15 is 0 Å². The third-order valence-electron chi connectivity index (χ3n) is 3.03. The SMILES string of the molecule is O=C(/C=C/c1cccc(C(=O)NNCC(=O)C(O)C(O)CO)c1)NO. The predicted octanol–water partition coefficient (Wildman–Crippen LogP) is -2.28. The molecule has 0 heterocycles. The van der Waals surface area contributed by atoms with Crippen LogP contribution in [0.4, 0.5) is 0 Å². The number of benzene rings is 1. The van der Waals surface area contributed by atoms with Crippen LogP contribution in [0.1, 0.15) is 15.9 Å². The number of Topliss-reactive ketones (excluding diaryl/α,β-unsaturated/α-hetero) is 1. The maximum atomic E-state index is 12.0. The molecule has 0 bridgehead atoms. The normalized spacial score (nSPS) is 13.3. The number of hydrogen-bond acceptors (Lipinski definition) is 8. The summed E-state index contributed by atoms with van der Waals surface area (Å²) < 4.78 is 0. The third-order valence-corrected chi connectivity index (χ3v) is 3.03. The largest absolute Gasteiger partial charge is 0.394 e. The summed E-state index contributed by atoms with van der Waals surface area (Å²) in [6.45, 7) is -1.23. The van der Waals surface area contributed by atoms with E-state index in [2.05, 4.69) is 10.9 Å². The van der Waals surface area contributed by atoms with Crippen LogP contribution in [-0.2, 0) is 9.59 Å². The average Bonchev–Trinajstić information content (AvgIpc) is 2.64. The highest BCUT2D eigenvalue weighted by molar-refractivity contribution is 5.95. The molecule has 0 aliphatic rings. The van der Waals surface area contributed by atoms with E-state index in [0.717, 1.165) is 6.08 Å². The maximum absolute atomic E-state index is 12.0. The summed E-state index contributed by atoms with van der Waals surface area (Å²) in [6.07, 6.45) is -0.904. The fraction of sp³-hybridized carbons (Fsp3) is 0.267. The Bertz CT molecular complexity index is 648. The summed E-state index contributed by atoms with van der Waals surface area (Å²) in [4.78, 5) is 34.4. The van der Waals surface area contributed by atoms with Gasteiger partial charge in [0.25, 0.3) is 11.8 Å². The molecule has 0 aliphatic carbocycles. The van der Waals surface area contributed by atoms with Crippen LogP contribution in [-0.4, -0.2) is 63.5 Å². The highest BCUT2D eigenvalue weighted by Gasteiger charge is 2.23. The number of ketones is 1. The van der Waals surface area contributed by atoms with Gasteiger partial charge < -0.3 is 15.3 Å². The van der Waals surface area contributed by atoms with Crippen molar-refractivity contribution in [1.82, 2.24) is 16.3 Å². The minimum Gasteiger partial charge on any atom is -0.394 e. The zero-order valence-electron chi connectivity index (χ0n) is 13.0. The molecule has 10 nitrogen and oxygen atoms in total. The molecule has 0 aliphatic heterocycles. The van der Waals surface area contributed by atoms with Gasteiger partial charge in [-0.3, -0.25) is 25.0 Å². The number of carbonyl (C=O) groups excluding carboxylic acids is 3. The van der Waals surface area contributed by atoms with Gasteiger partial charge in [-0.05, 0) is 23.8 Å². The number of aliphatic hydroxyl groups is 3. The van der Waals surface area contributed by atoms with Crippen molar-refractivity contribution in [1.29, 1.82) is 0 Å². The number of nitrogens with one attached hydrogen (secondary N) is 3. The lowest BCUT2D eigenvalue weighted by molar-refractivity contribution is -0.133. The third kappa shape index (κ3) is 6.79. The van der Waals surface area contributed by atoms with Crippen LogP contribution >= 0.6 is 0 Å². The minimum absolute atomic E-state index is 0.224. The van der Waals surface area contributed by atoms with Gasteiger partial charge in [0.15, 0.2) is 5.78 Å². The first-order valence-electron chi connectivity index (χ1n) is 7.14. The van der Waals surface area contributed by atoms with Crippen LogP contribution in [0, 0.1) is 0 Å². The zero-order chi connectivity index (χ0) is 18.8. The lowest BCUT2D eigenvalue weighted by Gasteiger charge is -2.14. The molecule has 0 saturated heterocycles. The molecule has 0 spiro atoms. The molecule has 0 radical (unpaired) electrons. The fourth-order valence-electron chi connectivity index (χ4n) is 1.70. The van der Waals surface area contributed by atoms with E-state index in [1.54, 1.807) is 12.1 Å². The second kappa shape index (κ2) is 10.3. The van der Waals surface area contributed by atoms with Gasteiger partial charge in [-0.15, -0.1) is 0 Å². The van der Waals surface area contributed by atoms with Crippen molar-refractivity contribution in [2.75, 3.05) is 13.2 Å². The van der Waals surface area contributed by atoms with Gasteiger partial charge in [0.2, 0.25) is 0 Å². The molecule has 0 aromatic heterocycles. The molecule has 1 rings (SSSR count). The number of amides is 2. The van der Waals surface area contributed by atoms with Crippen molar-refractivity contribution >= 4 is 23.7 Å². The van der Waals surface area contributed by atoms with Crippen LogP contribution in [0.15, 0.2) is 30.3 Å². The quantitative estimate of drug-likeness (QED) is 0.148. The Kier molecular flexibility index (Phi) is 8.39. The van der Waals surface area contributed by atoms with E-state index in [1.165, 1.54) is 23.7 Å². The maximum Gasteiger partial charge on any atom is 0.267 e. The van der Waals surface area contributed by atoms with Gasteiger partial charge >= 0.3 is 0 Å². The van der Waals surface area contributed by atoms with Crippen LogP contribution in [0.3, 0.4) is 0 Å². The summed E-state index contributed by atoms with van der Waals surface area (Å²) in [5.41, 5.74) is 6.72. The summed E-state index contributed by atoms with van der Waals surface area (Å²) in [5, 5.41) is 35.5. The second-order valence-electron chi connectivity index (χ2n) is 4.90. The number of carbonyl (C=O) groups is 3. The van der Waals surface area contributed by atoms with Crippen molar-refractivity contribution in [3.63, 3.8) is 0 Å². The van der Waals surface area contributed by atoms with Crippen molar-refractivity contribution in [3.8, 4) is 0 Å². The molecule has 0 fully saturated rings. The number of hydroxylamine groups is 1. The summed E-state index contributed by atoms with van der Waals surface area (Å²) in [5.74, 6) is -2.11. The van der Waals surface area contributed by atoms with Gasteiger partial charge in [0, 0.05) is 11.6 Å². The first-order valence-corrected chi connectivity index (χ1v) is 7.14. The van der Waals surface area contributed by atoms with E-state index in [1.807, 2.05) is 0 Å². The Morgan fingerprint density at radius 3 is 2.56 bits per heavy atom. The molecular formula is C15H19N3O7. The monoisotopic (exact) mass is 353 g/mol. The van der Waals surface area contributed by atoms with Crippen molar-refractivity contribution < 1.29 is 34.9 Å². The Morgan fingerprint density at radius 2 is 1.92 bits per heavy atom. The molecule has 2 amide bonds. The standard InChI is InChI=1S/C15H19N3O7/c19-8-12(21)14(23)11(20)7-16-17-15(24)10-3-1-2-9(6-10)4-5-13(22)18-25/h1-6,12,14,16,19,21,23,25H,7-8H2,(H,17,24)(H,18,22)/b5-4+. The summed E-state index contributed by atoms with van der Waals surface area (Å²) >= 11 is 0. The molecule has 25 heavy (non-hydrogen) atoms. The molecule has 10 heteroatoms. The molecular weight excluding hydrogens is 334 g/mol. The molecule has 1 aromatic rings.